The van der Waals surface area contributed by atoms with E-state index < -0.39 is 0 Å². The lowest BCUT2D eigenvalue weighted by molar-refractivity contribution is 0.173. The van der Waals surface area contributed by atoms with Gasteiger partial charge in [-0.2, -0.15) is 0 Å². The van der Waals surface area contributed by atoms with Crippen LogP contribution in [-0.2, 0) is 0 Å². The monoisotopic (exact) mass is 280 g/mol. The van der Waals surface area contributed by atoms with E-state index in [9.17, 15) is 0 Å². The highest BCUT2D eigenvalue weighted by Gasteiger charge is 2.28. The Morgan fingerprint density at radius 2 is 1.86 bits per heavy atom. The molecule has 3 heteroatoms. The van der Waals surface area contributed by atoms with E-state index in [1.165, 1.54) is 11.1 Å². The van der Waals surface area contributed by atoms with Crippen LogP contribution in [0.15, 0.2) is 48.2 Å². The Hall–Kier alpha value is -2.42. The summed E-state index contributed by atoms with van der Waals surface area (Å²) in [6, 6.07) is 12.3. The maximum Gasteiger partial charge on any atom is 0.231 e. The predicted molar refractivity (Wildman–Crippen MR) is 80.0 cm³/mol. The smallest absolute Gasteiger partial charge is 0.231 e. The van der Waals surface area contributed by atoms with Gasteiger partial charge >= 0.3 is 0 Å². The summed E-state index contributed by atoms with van der Waals surface area (Å²) < 4.78 is 17.0. The molecule has 2 aromatic carbocycles. The number of allylic oxidation sites excluding steroid dienone is 2. The first-order chi connectivity index (χ1) is 10.2. The van der Waals surface area contributed by atoms with Gasteiger partial charge in [-0.05, 0) is 32.1 Å². The molecule has 2 heterocycles. The lowest BCUT2D eigenvalue weighted by Gasteiger charge is -2.25. The Labute approximate surface area is 123 Å². The van der Waals surface area contributed by atoms with Crippen molar-refractivity contribution in [2.24, 2.45) is 0 Å². The minimum atomic E-state index is 0.130. The van der Waals surface area contributed by atoms with Crippen LogP contribution < -0.4 is 14.2 Å². The zero-order valence-corrected chi connectivity index (χ0v) is 12.1. The van der Waals surface area contributed by atoms with E-state index in [1.54, 1.807) is 0 Å². The normalized spacial score (nSPS) is 18.8. The van der Waals surface area contributed by atoms with E-state index in [1.807, 2.05) is 25.1 Å². The van der Waals surface area contributed by atoms with Crippen LogP contribution in [0.4, 0.5) is 0 Å². The number of para-hydroxylation sites is 1. The van der Waals surface area contributed by atoms with Crippen molar-refractivity contribution in [3.63, 3.8) is 0 Å². The molecular weight excluding hydrogens is 264 g/mol. The molecule has 106 valence electrons. The van der Waals surface area contributed by atoms with Crippen LogP contribution in [0, 0.1) is 6.92 Å². The predicted octanol–water partition coefficient (Wildman–Crippen LogP) is 4.15. The second-order valence-corrected chi connectivity index (χ2v) is 5.48. The molecule has 2 aliphatic heterocycles. The second-order valence-electron chi connectivity index (χ2n) is 5.48. The first kappa shape index (κ1) is 12.3. The van der Waals surface area contributed by atoms with Gasteiger partial charge in [-0.1, -0.05) is 29.8 Å². The van der Waals surface area contributed by atoms with Crippen LogP contribution in [0.25, 0.3) is 0 Å². The summed E-state index contributed by atoms with van der Waals surface area (Å²) >= 11 is 0. The van der Waals surface area contributed by atoms with Crippen LogP contribution in [0.2, 0.25) is 0 Å². The van der Waals surface area contributed by atoms with Crippen LogP contribution in [0.5, 0.6) is 17.2 Å². The van der Waals surface area contributed by atoms with Crippen molar-refractivity contribution in [2.45, 2.75) is 19.8 Å². The van der Waals surface area contributed by atoms with Crippen molar-refractivity contribution in [1.82, 2.24) is 0 Å². The number of ether oxygens (including phenoxy) is 3. The molecule has 0 radical (unpaired) electrons. The molecule has 1 atom stereocenters. The van der Waals surface area contributed by atoms with Gasteiger partial charge in [0, 0.05) is 17.0 Å². The summed E-state index contributed by atoms with van der Waals surface area (Å²) in [7, 11) is 0. The highest BCUT2D eigenvalue weighted by molar-refractivity contribution is 5.57. The molecule has 0 fully saturated rings. The van der Waals surface area contributed by atoms with Crippen LogP contribution in [0.1, 0.15) is 29.5 Å². The summed E-state index contributed by atoms with van der Waals surface area (Å²) in [5, 5.41) is 0. The highest BCUT2D eigenvalue weighted by atomic mass is 16.7. The number of hydrogen-bond donors (Lipinski definition) is 0. The van der Waals surface area contributed by atoms with Gasteiger partial charge in [0.25, 0.3) is 0 Å². The number of fused-ring (bicyclic) bond motifs is 2. The molecule has 0 aromatic heterocycles. The molecule has 1 unspecified atom stereocenters. The van der Waals surface area contributed by atoms with Gasteiger partial charge < -0.3 is 14.2 Å². The lowest BCUT2D eigenvalue weighted by atomic mass is 9.87. The van der Waals surface area contributed by atoms with E-state index in [0.717, 1.165) is 28.6 Å². The minimum absolute atomic E-state index is 0.130. The molecule has 4 rings (SSSR count). The van der Waals surface area contributed by atoms with Crippen LogP contribution in [0.3, 0.4) is 0 Å². The topological polar surface area (TPSA) is 27.7 Å². The number of aryl methyl sites for hydroxylation is 1. The fourth-order valence-electron chi connectivity index (χ4n) is 2.99. The van der Waals surface area contributed by atoms with E-state index >= 15 is 0 Å². The molecule has 0 aliphatic carbocycles. The van der Waals surface area contributed by atoms with Crippen LogP contribution >= 0.6 is 0 Å². The third-order valence-electron chi connectivity index (χ3n) is 3.93. The molecule has 2 aromatic rings. The van der Waals surface area contributed by atoms with Gasteiger partial charge in [0.2, 0.25) is 6.79 Å². The van der Waals surface area contributed by atoms with E-state index in [-0.39, 0.29) is 5.92 Å². The maximum absolute atomic E-state index is 5.85. The van der Waals surface area contributed by atoms with Crippen molar-refractivity contribution in [3.8, 4) is 17.2 Å². The van der Waals surface area contributed by atoms with Gasteiger partial charge in [0.1, 0.15) is 5.75 Å². The molecule has 0 saturated carbocycles. The van der Waals surface area contributed by atoms with Gasteiger partial charge in [0.15, 0.2) is 11.5 Å². The molecular formula is C18H16O3. The molecule has 0 spiro atoms. The van der Waals surface area contributed by atoms with E-state index in [0.29, 0.717) is 6.79 Å². The van der Waals surface area contributed by atoms with Gasteiger partial charge in [-0.25, -0.2) is 0 Å². The summed E-state index contributed by atoms with van der Waals surface area (Å²) in [5.74, 6) is 3.63. The van der Waals surface area contributed by atoms with Crippen molar-refractivity contribution < 1.29 is 14.2 Å². The lowest BCUT2D eigenvalue weighted by Crippen LogP contribution is -2.10. The SMILES string of the molecule is CC1=CC(c2cccc3c2OCO3)c2cc(C)ccc2O1. The fraction of sp³-hybridized carbons (Fsp3) is 0.222. The third kappa shape index (κ3) is 1.97. The molecule has 21 heavy (non-hydrogen) atoms. The number of rotatable bonds is 1. The average Bonchev–Trinajstić information content (AvgIpc) is 2.95. The first-order valence-electron chi connectivity index (χ1n) is 7.08. The summed E-state index contributed by atoms with van der Waals surface area (Å²) in [6.07, 6.45) is 2.14. The molecule has 0 saturated heterocycles. The van der Waals surface area contributed by atoms with Crippen molar-refractivity contribution >= 4 is 0 Å². The molecule has 2 aliphatic rings. The van der Waals surface area contributed by atoms with Crippen molar-refractivity contribution in [1.29, 1.82) is 0 Å². The van der Waals surface area contributed by atoms with E-state index in [4.69, 9.17) is 14.2 Å². The Balaban J connectivity index is 1.90. The zero-order valence-electron chi connectivity index (χ0n) is 12.1. The molecule has 0 N–H and O–H groups in total. The minimum Gasteiger partial charge on any atom is -0.462 e. The number of hydrogen-bond acceptors (Lipinski definition) is 3. The average molecular weight is 280 g/mol. The van der Waals surface area contributed by atoms with Crippen molar-refractivity contribution in [3.05, 3.63) is 64.9 Å². The second kappa shape index (κ2) is 4.55. The Kier molecular flexibility index (Phi) is 2.67. The summed E-state index contributed by atoms with van der Waals surface area (Å²) in [6.45, 7) is 4.37. The van der Waals surface area contributed by atoms with Gasteiger partial charge in [-0.15, -0.1) is 0 Å². The Morgan fingerprint density at radius 1 is 0.952 bits per heavy atom. The molecule has 0 amide bonds. The standard InChI is InChI=1S/C18H16O3/c1-11-6-7-16-15(8-11)14(9-12(2)21-16)13-4-3-5-17-18(13)20-10-19-17/h3-9,14H,10H2,1-2H3. The Bertz CT molecular complexity index is 746. The zero-order chi connectivity index (χ0) is 14.4. The van der Waals surface area contributed by atoms with Gasteiger partial charge in [-0.3, -0.25) is 0 Å². The third-order valence-corrected chi connectivity index (χ3v) is 3.93. The van der Waals surface area contributed by atoms with Crippen LogP contribution in [-0.4, -0.2) is 6.79 Å². The number of benzene rings is 2. The quantitative estimate of drug-likeness (QED) is 0.785. The largest absolute Gasteiger partial charge is 0.462 e. The first-order valence-corrected chi connectivity index (χ1v) is 7.08. The fourth-order valence-corrected chi connectivity index (χ4v) is 2.99. The maximum atomic E-state index is 5.85. The summed E-state index contributed by atoms with van der Waals surface area (Å²) in [4.78, 5) is 0. The highest BCUT2D eigenvalue weighted by Crippen LogP contribution is 2.46. The molecule has 0 bridgehead atoms. The van der Waals surface area contributed by atoms with Gasteiger partial charge in [0.05, 0.1) is 5.76 Å². The van der Waals surface area contributed by atoms with Crippen molar-refractivity contribution in [2.75, 3.05) is 6.79 Å². The molecule has 3 nitrogen and oxygen atoms in total. The Morgan fingerprint density at radius 3 is 2.76 bits per heavy atom. The summed E-state index contributed by atoms with van der Waals surface area (Å²) in [5.41, 5.74) is 3.52. The van der Waals surface area contributed by atoms with E-state index in [2.05, 4.69) is 31.2 Å².